The van der Waals surface area contributed by atoms with Crippen LogP contribution in [0.15, 0.2) is 47.6 Å². The highest BCUT2D eigenvalue weighted by molar-refractivity contribution is 7.99. The molecule has 0 amide bonds. The molecule has 1 aromatic heterocycles. The Bertz CT molecular complexity index is 760. The van der Waals surface area contributed by atoms with E-state index in [1.54, 1.807) is 17.8 Å². The van der Waals surface area contributed by atoms with Gasteiger partial charge in [0.25, 0.3) is 0 Å². The number of rotatable bonds is 5. The minimum absolute atomic E-state index is 0.587. The summed E-state index contributed by atoms with van der Waals surface area (Å²) in [5.74, 6) is 1.57. The molecule has 0 atom stereocenters. The maximum absolute atomic E-state index is 5.90. The first-order chi connectivity index (χ1) is 10.2. The van der Waals surface area contributed by atoms with Crippen LogP contribution >= 0.6 is 23.4 Å². The number of nitrogens with one attached hydrogen (secondary N) is 1. The molecule has 0 aliphatic rings. The fourth-order valence-corrected chi connectivity index (χ4v) is 2.81. The maximum atomic E-state index is 5.90. The molecule has 3 rings (SSSR count). The molecule has 108 valence electrons. The minimum atomic E-state index is 0.587. The lowest BCUT2D eigenvalue weighted by molar-refractivity contribution is 0.344. The van der Waals surface area contributed by atoms with E-state index in [4.69, 9.17) is 22.1 Å². The summed E-state index contributed by atoms with van der Waals surface area (Å²) in [6.45, 7) is 0.587. The number of thioether (sulfide) groups is 1. The predicted molar refractivity (Wildman–Crippen MR) is 88.2 cm³/mol. The van der Waals surface area contributed by atoms with E-state index in [2.05, 4.69) is 9.97 Å². The van der Waals surface area contributed by atoms with Crippen LogP contribution in [-0.2, 0) is 0 Å². The van der Waals surface area contributed by atoms with Gasteiger partial charge in [-0.1, -0.05) is 29.4 Å². The maximum Gasteiger partial charge on any atom is 0.166 e. The molecule has 2 aromatic carbocycles. The van der Waals surface area contributed by atoms with Crippen molar-refractivity contribution in [2.75, 3.05) is 18.1 Å². The van der Waals surface area contributed by atoms with E-state index < -0.39 is 0 Å². The summed E-state index contributed by atoms with van der Waals surface area (Å²) in [5, 5.41) is 1.54. The number of ether oxygens (including phenoxy) is 1. The molecule has 0 saturated heterocycles. The number of halogens is 1. The van der Waals surface area contributed by atoms with E-state index in [0.717, 1.165) is 33.4 Å². The zero-order chi connectivity index (χ0) is 14.7. The summed E-state index contributed by atoms with van der Waals surface area (Å²) in [6.07, 6.45) is 0. The number of hydrogen-bond donors (Lipinski definition) is 2. The number of anilines is 1. The van der Waals surface area contributed by atoms with Crippen LogP contribution in [0, 0.1) is 0 Å². The van der Waals surface area contributed by atoms with Crippen LogP contribution in [0.1, 0.15) is 0 Å². The lowest BCUT2D eigenvalue weighted by atomic mass is 10.3. The van der Waals surface area contributed by atoms with E-state index in [1.807, 2.05) is 36.4 Å². The van der Waals surface area contributed by atoms with Gasteiger partial charge in [-0.3, -0.25) is 0 Å². The number of H-pyrrole nitrogens is 1. The predicted octanol–water partition coefficient (Wildman–Crippen LogP) is 3.97. The monoisotopic (exact) mass is 319 g/mol. The third kappa shape index (κ3) is 3.62. The van der Waals surface area contributed by atoms with Crippen LogP contribution in [0.3, 0.4) is 0 Å². The van der Waals surface area contributed by atoms with Gasteiger partial charge in [0.05, 0.1) is 17.6 Å². The van der Waals surface area contributed by atoms with Gasteiger partial charge in [0.2, 0.25) is 0 Å². The third-order valence-electron chi connectivity index (χ3n) is 2.87. The van der Waals surface area contributed by atoms with Gasteiger partial charge in [-0.2, -0.15) is 0 Å². The summed E-state index contributed by atoms with van der Waals surface area (Å²) in [6, 6.07) is 13.0. The third-order valence-corrected chi connectivity index (χ3v) is 3.94. The van der Waals surface area contributed by atoms with Crippen molar-refractivity contribution in [3.63, 3.8) is 0 Å². The van der Waals surface area contributed by atoms with Gasteiger partial charge >= 0.3 is 0 Å². The molecule has 6 heteroatoms. The molecule has 3 aromatic rings. The molecule has 0 aliphatic carbocycles. The first-order valence-electron chi connectivity index (χ1n) is 6.47. The Labute approximate surface area is 131 Å². The number of nitrogen functional groups attached to an aromatic ring is 1. The number of imidazole rings is 1. The Kier molecular flexibility index (Phi) is 4.22. The van der Waals surface area contributed by atoms with Crippen molar-refractivity contribution < 1.29 is 4.74 Å². The van der Waals surface area contributed by atoms with Crippen molar-refractivity contribution in [1.29, 1.82) is 0 Å². The second kappa shape index (κ2) is 6.28. The van der Waals surface area contributed by atoms with Gasteiger partial charge in [0.1, 0.15) is 5.75 Å². The van der Waals surface area contributed by atoms with E-state index >= 15 is 0 Å². The highest BCUT2D eigenvalue weighted by Crippen LogP contribution is 2.22. The van der Waals surface area contributed by atoms with Crippen molar-refractivity contribution in [3.8, 4) is 5.75 Å². The highest BCUT2D eigenvalue weighted by Gasteiger charge is 2.04. The van der Waals surface area contributed by atoms with Crippen LogP contribution in [0.2, 0.25) is 5.02 Å². The van der Waals surface area contributed by atoms with Crippen molar-refractivity contribution >= 4 is 40.1 Å². The molecule has 0 bridgehead atoms. The topological polar surface area (TPSA) is 63.9 Å². The molecule has 0 fully saturated rings. The lowest BCUT2D eigenvalue weighted by Crippen LogP contribution is -2.00. The van der Waals surface area contributed by atoms with Crippen LogP contribution in [-0.4, -0.2) is 22.3 Å². The van der Waals surface area contributed by atoms with Crippen molar-refractivity contribution in [2.45, 2.75) is 5.16 Å². The zero-order valence-corrected chi connectivity index (χ0v) is 12.7. The minimum Gasteiger partial charge on any atom is -0.493 e. The molecule has 4 nitrogen and oxygen atoms in total. The summed E-state index contributed by atoms with van der Waals surface area (Å²) < 4.78 is 5.63. The number of aromatic amines is 1. The first kappa shape index (κ1) is 14.1. The molecule has 0 unspecified atom stereocenters. The quantitative estimate of drug-likeness (QED) is 0.424. The van der Waals surface area contributed by atoms with Gasteiger partial charge in [-0.25, -0.2) is 4.98 Å². The van der Waals surface area contributed by atoms with Gasteiger partial charge in [-0.15, -0.1) is 0 Å². The average Bonchev–Trinajstić information content (AvgIpc) is 2.85. The Hall–Kier alpha value is -1.85. The Morgan fingerprint density at radius 3 is 3.00 bits per heavy atom. The van der Waals surface area contributed by atoms with Crippen molar-refractivity contribution in [2.24, 2.45) is 0 Å². The molecule has 0 saturated carbocycles. The number of nitrogens with zero attached hydrogens (tertiary/aromatic N) is 1. The van der Waals surface area contributed by atoms with Crippen LogP contribution in [0.5, 0.6) is 5.75 Å². The molecule has 0 spiro atoms. The van der Waals surface area contributed by atoms with Crippen LogP contribution in [0.4, 0.5) is 5.69 Å². The van der Waals surface area contributed by atoms with Gasteiger partial charge < -0.3 is 15.5 Å². The molecular weight excluding hydrogens is 306 g/mol. The molecule has 3 N–H and O–H groups in total. The molecule has 0 radical (unpaired) electrons. The summed E-state index contributed by atoms with van der Waals surface area (Å²) in [4.78, 5) is 7.73. The summed E-state index contributed by atoms with van der Waals surface area (Å²) >= 11 is 7.51. The number of benzene rings is 2. The Balaban J connectivity index is 1.54. The smallest absolute Gasteiger partial charge is 0.166 e. The van der Waals surface area contributed by atoms with E-state index in [9.17, 15) is 0 Å². The molecule has 1 heterocycles. The first-order valence-corrected chi connectivity index (χ1v) is 7.83. The van der Waals surface area contributed by atoms with Crippen LogP contribution in [0.25, 0.3) is 11.0 Å². The number of aromatic nitrogens is 2. The second-order valence-corrected chi connectivity index (χ2v) is 5.99. The SMILES string of the molecule is Nc1ccc2nc(SCCOc3cccc(Cl)c3)[nH]c2c1. The highest BCUT2D eigenvalue weighted by atomic mass is 35.5. The van der Waals surface area contributed by atoms with Crippen LogP contribution < -0.4 is 10.5 Å². The fourth-order valence-electron chi connectivity index (χ4n) is 1.93. The Morgan fingerprint density at radius 2 is 2.14 bits per heavy atom. The largest absolute Gasteiger partial charge is 0.493 e. The summed E-state index contributed by atoms with van der Waals surface area (Å²) in [5.41, 5.74) is 8.35. The number of fused-ring (bicyclic) bond motifs is 1. The number of hydrogen-bond acceptors (Lipinski definition) is 4. The Morgan fingerprint density at radius 1 is 1.24 bits per heavy atom. The molecule has 21 heavy (non-hydrogen) atoms. The average molecular weight is 320 g/mol. The number of nitrogens with two attached hydrogens (primary N) is 1. The van der Waals surface area contributed by atoms with E-state index in [-0.39, 0.29) is 0 Å². The molecule has 0 aliphatic heterocycles. The van der Waals surface area contributed by atoms with Crippen molar-refractivity contribution in [3.05, 3.63) is 47.5 Å². The zero-order valence-electron chi connectivity index (χ0n) is 11.2. The fraction of sp³-hybridized carbons (Fsp3) is 0.133. The van der Waals surface area contributed by atoms with Crippen molar-refractivity contribution in [1.82, 2.24) is 9.97 Å². The summed E-state index contributed by atoms with van der Waals surface area (Å²) in [7, 11) is 0. The van der Waals surface area contributed by atoms with E-state index in [0.29, 0.717) is 11.6 Å². The van der Waals surface area contributed by atoms with Gasteiger partial charge in [0.15, 0.2) is 5.16 Å². The second-order valence-electron chi connectivity index (χ2n) is 4.47. The van der Waals surface area contributed by atoms with Gasteiger partial charge in [0, 0.05) is 16.5 Å². The molecular formula is C15H14ClN3OS. The lowest BCUT2D eigenvalue weighted by Gasteiger charge is -2.05. The van der Waals surface area contributed by atoms with E-state index in [1.165, 1.54) is 0 Å². The standard InChI is InChI=1S/C15H14ClN3OS/c16-10-2-1-3-12(8-10)20-6-7-21-15-18-13-5-4-11(17)9-14(13)19-15/h1-5,8-9H,6-7,17H2,(H,18,19). The van der Waals surface area contributed by atoms with Gasteiger partial charge in [-0.05, 0) is 36.4 Å². The normalized spacial score (nSPS) is 10.9.